The number of ether oxygens (including phenoxy) is 1. The van der Waals surface area contributed by atoms with Crippen molar-refractivity contribution >= 4 is 17.3 Å². The third-order valence-electron chi connectivity index (χ3n) is 2.37. The number of carbonyl (C=O) groups excluding carboxylic acids is 1. The lowest BCUT2D eigenvalue weighted by molar-refractivity contribution is -0.118. The maximum absolute atomic E-state index is 13.2. The number of anilines is 2. The molecule has 0 fully saturated rings. The van der Waals surface area contributed by atoms with E-state index in [2.05, 4.69) is 10.6 Å². The van der Waals surface area contributed by atoms with Crippen molar-refractivity contribution < 1.29 is 13.9 Å². The molecule has 0 spiro atoms. The quantitative estimate of drug-likeness (QED) is 0.732. The Balaban J connectivity index is 2.84. The Labute approximate surface area is 112 Å². The van der Waals surface area contributed by atoms with Crippen LogP contribution in [-0.2, 0) is 9.53 Å². The molecule has 0 aromatic heterocycles. The number of nitrogens with two attached hydrogens (primary N) is 1. The lowest BCUT2D eigenvalue weighted by atomic mass is 10.2. The summed E-state index contributed by atoms with van der Waals surface area (Å²) in [6.45, 7) is 3.97. The molecule has 0 saturated heterocycles. The molecule has 106 valence electrons. The van der Waals surface area contributed by atoms with E-state index in [0.717, 1.165) is 0 Å². The molecule has 0 aliphatic carbocycles. The maximum Gasteiger partial charge on any atom is 0.243 e. The van der Waals surface area contributed by atoms with E-state index in [4.69, 9.17) is 10.5 Å². The summed E-state index contributed by atoms with van der Waals surface area (Å²) in [7, 11) is 1.47. The van der Waals surface area contributed by atoms with Crippen molar-refractivity contribution in [3.05, 3.63) is 24.0 Å². The smallest absolute Gasteiger partial charge is 0.243 e. The number of nitrogens with one attached hydrogen (secondary N) is 2. The largest absolute Gasteiger partial charge is 0.383 e. The Hall–Kier alpha value is -1.66. The topological polar surface area (TPSA) is 76.4 Å². The van der Waals surface area contributed by atoms with Crippen LogP contribution >= 0.6 is 0 Å². The molecule has 0 bridgehead atoms. The van der Waals surface area contributed by atoms with E-state index in [1.54, 1.807) is 0 Å². The highest BCUT2D eigenvalue weighted by molar-refractivity contribution is 5.97. The Morgan fingerprint density at radius 1 is 1.42 bits per heavy atom. The second-order valence-electron chi connectivity index (χ2n) is 4.54. The molecule has 0 aliphatic rings. The van der Waals surface area contributed by atoms with Gasteiger partial charge in [-0.15, -0.1) is 0 Å². The second-order valence-corrected chi connectivity index (χ2v) is 4.54. The third kappa shape index (κ3) is 4.84. The number of methoxy groups -OCH3 is 1. The first-order valence-corrected chi connectivity index (χ1v) is 6.05. The lowest BCUT2D eigenvalue weighted by Crippen LogP contribution is -2.39. The molecule has 19 heavy (non-hydrogen) atoms. The van der Waals surface area contributed by atoms with Crippen LogP contribution < -0.4 is 16.4 Å². The molecule has 6 heteroatoms. The number of carbonyl (C=O) groups is 1. The fraction of sp³-hybridized carbons (Fsp3) is 0.462. The Kier molecular flexibility index (Phi) is 5.72. The summed E-state index contributed by atoms with van der Waals surface area (Å²) < 4.78 is 18.0. The van der Waals surface area contributed by atoms with Gasteiger partial charge in [-0.1, -0.05) is 0 Å². The van der Waals surface area contributed by atoms with Gasteiger partial charge < -0.3 is 21.1 Å². The van der Waals surface area contributed by atoms with Gasteiger partial charge in [0.05, 0.1) is 18.0 Å². The predicted molar refractivity (Wildman–Crippen MR) is 73.6 cm³/mol. The molecule has 1 aromatic carbocycles. The van der Waals surface area contributed by atoms with E-state index in [-0.39, 0.29) is 24.4 Å². The van der Waals surface area contributed by atoms with Crippen molar-refractivity contribution in [2.24, 2.45) is 5.73 Å². The van der Waals surface area contributed by atoms with Crippen molar-refractivity contribution in [3.8, 4) is 0 Å². The van der Waals surface area contributed by atoms with E-state index >= 15 is 0 Å². The average molecular weight is 269 g/mol. The molecule has 4 N–H and O–H groups in total. The first kappa shape index (κ1) is 15.4. The molecule has 0 radical (unpaired) electrons. The van der Waals surface area contributed by atoms with Gasteiger partial charge in [-0.25, -0.2) is 4.39 Å². The summed E-state index contributed by atoms with van der Waals surface area (Å²) >= 11 is 0. The van der Waals surface area contributed by atoms with Crippen LogP contribution in [0.3, 0.4) is 0 Å². The molecular weight excluding hydrogens is 249 g/mol. The standard InChI is InChI=1S/C13H20FN3O2/c1-8(2)16-12-6-9(14)4-5-11(12)17-13(18)10(15)7-19-3/h4-6,8,10,16H,7,15H2,1-3H3,(H,17,18). The monoisotopic (exact) mass is 269 g/mol. The van der Waals surface area contributed by atoms with E-state index in [1.807, 2.05) is 13.8 Å². The summed E-state index contributed by atoms with van der Waals surface area (Å²) in [5.74, 6) is -0.748. The number of amides is 1. The van der Waals surface area contributed by atoms with Crippen LogP contribution in [0.1, 0.15) is 13.8 Å². The van der Waals surface area contributed by atoms with Crippen molar-refractivity contribution in [2.45, 2.75) is 25.9 Å². The minimum atomic E-state index is -0.762. The zero-order valence-electron chi connectivity index (χ0n) is 11.4. The summed E-state index contributed by atoms with van der Waals surface area (Å²) in [5.41, 5.74) is 6.64. The third-order valence-corrected chi connectivity index (χ3v) is 2.37. The van der Waals surface area contributed by atoms with Crippen LogP contribution in [-0.4, -0.2) is 31.7 Å². The van der Waals surface area contributed by atoms with Gasteiger partial charge in [-0.2, -0.15) is 0 Å². The van der Waals surface area contributed by atoms with E-state index in [9.17, 15) is 9.18 Å². The van der Waals surface area contributed by atoms with Gasteiger partial charge >= 0.3 is 0 Å². The molecule has 0 aliphatic heterocycles. The SMILES string of the molecule is COCC(N)C(=O)Nc1ccc(F)cc1NC(C)C. The van der Waals surface area contributed by atoms with E-state index < -0.39 is 6.04 Å². The molecule has 1 amide bonds. The molecule has 1 aromatic rings. The molecule has 0 heterocycles. The minimum absolute atomic E-state index is 0.116. The summed E-state index contributed by atoms with van der Waals surface area (Å²) in [6, 6.07) is 3.46. The van der Waals surface area contributed by atoms with Gasteiger partial charge in [0.25, 0.3) is 0 Å². The highest BCUT2D eigenvalue weighted by atomic mass is 19.1. The van der Waals surface area contributed by atoms with Gasteiger partial charge in [-0.05, 0) is 32.0 Å². The van der Waals surface area contributed by atoms with Crippen molar-refractivity contribution in [1.29, 1.82) is 0 Å². The van der Waals surface area contributed by atoms with E-state index in [1.165, 1.54) is 25.3 Å². The van der Waals surface area contributed by atoms with Gasteiger partial charge in [-0.3, -0.25) is 4.79 Å². The van der Waals surface area contributed by atoms with Crippen molar-refractivity contribution in [2.75, 3.05) is 24.4 Å². The number of halogens is 1. The zero-order valence-corrected chi connectivity index (χ0v) is 11.4. The summed E-state index contributed by atoms with van der Waals surface area (Å²) in [4.78, 5) is 11.8. The molecule has 0 saturated carbocycles. The van der Waals surface area contributed by atoms with Crippen molar-refractivity contribution in [1.82, 2.24) is 0 Å². The van der Waals surface area contributed by atoms with Crippen molar-refractivity contribution in [3.63, 3.8) is 0 Å². The van der Waals surface area contributed by atoms with Crippen LogP contribution in [0.25, 0.3) is 0 Å². The molecule has 1 atom stereocenters. The molecular formula is C13H20FN3O2. The predicted octanol–water partition coefficient (Wildman–Crippen LogP) is 1.56. The summed E-state index contributed by atoms with van der Waals surface area (Å²) in [6.07, 6.45) is 0. The Bertz CT molecular complexity index is 438. The first-order chi connectivity index (χ1) is 8.93. The maximum atomic E-state index is 13.2. The number of hydrogen-bond acceptors (Lipinski definition) is 4. The van der Waals surface area contributed by atoms with Crippen LogP contribution in [0, 0.1) is 5.82 Å². The number of benzene rings is 1. The normalized spacial score (nSPS) is 12.3. The fourth-order valence-electron chi connectivity index (χ4n) is 1.54. The Morgan fingerprint density at radius 3 is 2.68 bits per heavy atom. The minimum Gasteiger partial charge on any atom is -0.383 e. The zero-order chi connectivity index (χ0) is 14.4. The van der Waals surface area contributed by atoms with Gasteiger partial charge in [0.2, 0.25) is 5.91 Å². The Morgan fingerprint density at radius 2 is 2.11 bits per heavy atom. The van der Waals surface area contributed by atoms with Gasteiger partial charge in [0, 0.05) is 13.2 Å². The lowest BCUT2D eigenvalue weighted by Gasteiger charge is -2.17. The van der Waals surface area contributed by atoms with Crippen LogP contribution in [0.5, 0.6) is 0 Å². The van der Waals surface area contributed by atoms with Crippen LogP contribution in [0.4, 0.5) is 15.8 Å². The van der Waals surface area contributed by atoms with Crippen LogP contribution in [0.15, 0.2) is 18.2 Å². The average Bonchev–Trinajstić information content (AvgIpc) is 2.32. The second kappa shape index (κ2) is 7.06. The van der Waals surface area contributed by atoms with Gasteiger partial charge in [0.1, 0.15) is 11.9 Å². The molecule has 5 nitrogen and oxygen atoms in total. The van der Waals surface area contributed by atoms with Crippen LogP contribution in [0.2, 0.25) is 0 Å². The highest BCUT2D eigenvalue weighted by Gasteiger charge is 2.15. The summed E-state index contributed by atoms with van der Waals surface area (Å²) in [5, 5.41) is 5.72. The number of rotatable bonds is 6. The van der Waals surface area contributed by atoms with E-state index in [0.29, 0.717) is 11.4 Å². The highest BCUT2D eigenvalue weighted by Crippen LogP contribution is 2.23. The molecule has 1 rings (SSSR count). The van der Waals surface area contributed by atoms with Gasteiger partial charge in [0.15, 0.2) is 0 Å². The first-order valence-electron chi connectivity index (χ1n) is 6.05. The molecule has 1 unspecified atom stereocenters. The number of hydrogen-bond donors (Lipinski definition) is 3. The fourth-order valence-corrected chi connectivity index (χ4v) is 1.54.